The highest BCUT2D eigenvalue weighted by molar-refractivity contribution is 5.92. The molecule has 0 fully saturated rings. The van der Waals surface area contributed by atoms with Crippen LogP contribution < -0.4 is 10.9 Å². The molecule has 0 aliphatic heterocycles. The van der Waals surface area contributed by atoms with Gasteiger partial charge in [-0.1, -0.05) is 37.6 Å². The van der Waals surface area contributed by atoms with Crippen molar-refractivity contribution in [2.75, 3.05) is 5.32 Å². The van der Waals surface area contributed by atoms with E-state index in [1.54, 1.807) is 10.6 Å². The second-order valence-corrected chi connectivity index (χ2v) is 7.55. The lowest BCUT2D eigenvalue weighted by molar-refractivity contribution is -0.116. The van der Waals surface area contributed by atoms with Crippen molar-refractivity contribution >= 4 is 22.5 Å². The molecule has 0 saturated heterocycles. The molecule has 0 aliphatic rings. The summed E-state index contributed by atoms with van der Waals surface area (Å²) in [5, 5.41) is 3.91. The first-order valence-electron chi connectivity index (χ1n) is 9.27. The van der Waals surface area contributed by atoms with Crippen molar-refractivity contribution in [3.63, 3.8) is 0 Å². The largest absolute Gasteiger partial charge is 0.325 e. The summed E-state index contributed by atoms with van der Waals surface area (Å²) in [6.45, 7) is 10.2. The highest BCUT2D eigenvalue weighted by Crippen LogP contribution is 2.22. The van der Waals surface area contributed by atoms with E-state index in [2.05, 4.69) is 25.2 Å². The Morgan fingerprint density at radius 3 is 2.30 bits per heavy atom. The third-order valence-corrected chi connectivity index (χ3v) is 4.91. The second kappa shape index (κ2) is 7.39. The van der Waals surface area contributed by atoms with Crippen LogP contribution >= 0.6 is 0 Å². The molecule has 3 rings (SSSR count). The summed E-state index contributed by atoms with van der Waals surface area (Å²) >= 11 is 0. The van der Waals surface area contributed by atoms with Crippen LogP contribution in [0.4, 0.5) is 5.69 Å². The predicted molar refractivity (Wildman–Crippen MR) is 112 cm³/mol. The molecule has 1 aromatic heterocycles. The molecule has 0 spiro atoms. The molecule has 0 radical (unpaired) electrons. The minimum Gasteiger partial charge on any atom is -0.325 e. The van der Waals surface area contributed by atoms with Gasteiger partial charge in [-0.2, -0.15) is 0 Å². The molecule has 4 heteroatoms. The summed E-state index contributed by atoms with van der Waals surface area (Å²) in [5.74, 6) is 0.234. The van der Waals surface area contributed by atoms with E-state index in [9.17, 15) is 9.59 Å². The van der Waals surface area contributed by atoms with E-state index in [0.717, 1.165) is 33.3 Å². The first kappa shape index (κ1) is 18.9. The maximum absolute atomic E-state index is 12.6. The molecule has 3 aromatic rings. The van der Waals surface area contributed by atoms with Crippen LogP contribution in [-0.4, -0.2) is 10.5 Å². The molecule has 1 heterocycles. The molecule has 0 unspecified atom stereocenters. The van der Waals surface area contributed by atoms with Crippen molar-refractivity contribution in [2.24, 2.45) is 0 Å². The van der Waals surface area contributed by atoms with E-state index in [0.29, 0.717) is 5.92 Å². The number of hydrogen-bond donors (Lipinski definition) is 1. The number of aromatic nitrogens is 1. The van der Waals surface area contributed by atoms with Gasteiger partial charge in [-0.3, -0.25) is 14.2 Å². The second-order valence-electron chi connectivity index (χ2n) is 7.55. The first-order chi connectivity index (χ1) is 12.8. The Morgan fingerprint density at radius 2 is 1.67 bits per heavy atom. The Labute approximate surface area is 159 Å². The van der Waals surface area contributed by atoms with Gasteiger partial charge in [0.05, 0.1) is 5.52 Å². The summed E-state index contributed by atoms with van der Waals surface area (Å²) < 4.78 is 1.56. The fraction of sp³-hybridized carbons (Fsp3) is 0.304. The lowest BCUT2D eigenvalue weighted by atomic mass is 10.0. The monoisotopic (exact) mass is 362 g/mol. The van der Waals surface area contributed by atoms with E-state index < -0.39 is 0 Å². The molecule has 2 aromatic carbocycles. The van der Waals surface area contributed by atoms with Crippen molar-refractivity contribution in [1.29, 1.82) is 0 Å². The maximum Gasteiger partial charge on any atom is 0.251 e. The number of anilines is 1. The molecule has 4 nitrogen and oxygen atoms in total. The molecule has 140 valence electrons. The van der Waals surface area contributed by atoms with Crippen molar-refractivity contribution in [3.8, 4) is 0 Å². The van der Waals surface area contributed by atoms with Crippen LogP contribution in [0.15, 0.2) is 47.3 Å². The lowest BCUT2D eigenvalue weighted by Crippen LogP contribution is -2.28. The van der Waals surface area contributed by atoms with Crippen LogP contribution in [0, 0.1) is 20.8 Å². The average Bonchev–Trinajstić information content (AvgIpc) is 2.59. The van der Waals surface area contributed by atoms with Crippen LogP contribution in [-0.2, 0) is 11.3 Å². The zero-order valence-electron chi connectivity index (χ0n) is 16.6. The lowest BCUT2D eigenvalue weighted by Gasteiger charge is -2.15. The van der Waals surface area contributed by atoms with E-state index in [1.807, 2.05) is 51.1 Å². The van der Waals surface area contributed by atoms with E-state index >= 15 is 0 Å². The minimum absolute atomic E-state index is 0.00849. The number of hydrogen-bond acceptors (Lipinski definition) is 2. The third kappa shape index (κ3) is 3.95. The summed E-state index contributed by atoms with van der Waals surface area (Å²) in [5.41, 5.74) is 5.71. The first-order valence-corrected chi connectivity index (χ1v) is 9.27. The van der Waals surface area contributed by atoms with Crippen molar-refractivity contribution in [3.05, 3.63) is 75.1 Å². The molecule has 0 bridgehead atoms. The van der Waals surface area contributed by atoms with Gasteiger partial charge in [0, 0.05) is 17.1 Å². The highest BCUT2D eigenvalue weighted by atomic mass is 16.2. The van der Waals surface area contributed by atoms with Crippen molar-refractivity contribution < 1.29 is 4.79 Å². The molecular weight excluding hydrogens is 336 g/mol. The Bertz CT molecular complexity index is 1060. The molecule has 1 amide bonds. The minimum atomic E-state index is -0.209. The highest BCUT2D eigenvalue weighted by Gasteiger charge is 2.13. The van der Waals surface area contributed by atoms with Gasteiger partial charge in [-0.25, -0.2) is 0 Å². The molecular formula is C23H26N2O2. The van der Waals surface area contributed by atoms with E-state index in [4.69, 9.17) is 0 Å². The molecule has 0 aliphatic carbocycles. The molecule has 0 atom stereocenters. The number of carbonyl (C=O) groups excluding carboxylic acids is 1. The Hall–Kier alpha value is -2.88. The number of nitrogens with one attached hydrogen (secondary N) is 1. The number of fused-ring (bicyclic) bond motifs is 1. The van der Waals surface area contributed by atoms with Gasteiger partial charge in [0.1, 0.15) is 6.54 Å². The van der Waals surface area contributed by atoms with Crippen LogP contribution in [0.5, 0.6) is 0 Å². The van der Waals surface area contributed by atoms with Gasteiger partial charge in [0.25, 0.3) is 5.56 Å². The van der Waals surface area contributed by atoms with Crippen LogP contribution in [0.1, 0.15) is 42.0 Å². The molecule has 27 heavy (non-hydrogen) atoms. The fourth-order valence-electron chi connectivity index (χ4n) is 3.52. The van der Waals surface area contributed by atoms with Gasteiger partial charge in [0.2, 0.25) is 5.91 Å². The van der Waals surface area contributed by atoms with Gasteiger partial charge < -0.3 is 5.32 Å². The fourth-order valence-corrected chi connectivity index (χ4v) is 3.52. The zero-order chi connectivity index (χ0) is 19.7. The number of amides is 1. The topological polar surface area (TPSA) is 51.1 Å². The van der Waals surface area contributed by atoms with Gasteiger partial charge in [-0.05, 0) is 61.6 Å². The summed E-state index contributed by atoms with van der Waals surface area (Å²) in [7, 11) is 0. The zero-order valence-corrected chi connectivity index (χ0v) is 16.6. The van der Waals surface area contributed by atoms with Crippen LogP contribution in [0.3, 0.4) is 0 Å². The standard InChI is InChI=1S/C23H26N2O2/c1-14(2)18-6-8-19(9-7-18)24-21(26)13-25-22(27)12-16(4)20-11-15(3)10-17(5)23(20)25/h6-12,14H,13H2,1-5H3,(H,24,26). The summed E-state index contributed by atoms with van der Waals surface area (Å²) in [6, 6.07) is 13.5. The average molecular weight is 362 g/mol. The number of nitrogens with zero attached hydrogens (tertiary/aromatic N) is 1. The van der Waals surface area contributed by atoms with Gasteiger partial charge in [0.15, 0.2) is 0 Å². The number of benzene rings is 2. The normalized spacial score (nSPS) is 11.2. The van der Waals surface area contributed by atoms with Crippen molar-refractivity contribution in [2.45, 2.75) is 47.1 Å². The number of aryl methyl sites for hydroxylation is 3. The molecule has 0 saturated carbocycles. The molecule has 1 N–H and O–H groups in total. The Kier molecular flexibility index (Phi) is 5.17. The van der Waals surface area contributed by atoms with E-state index in [-0.39, 0.29) is 18.0 Å². The predicted octanol–water partition coefficient (Wildman–Crippen LogP) is 4.69. The third-order valence-electron chi connectivity index (χ3n) is 4.91. The van der Waals surface area contributed by atoms with Crippen LogP contribution in [0.25, 0.3) is 10.9 Å². The Morgan fingerprint density at radius 1 is 1.00 bits per heavy atom. The van der Waals surface area contributed by atoms with E-state index in [1.165, 1.54) is 5.56 Å². The quantitative estimate of drug-likeness (QED) is 0.732. The number of rotatable bonds is 4. The summed E-state index contributed by atoms with van der Waals surface area (Å²) in [4.78, 5) is 25.2. The number of pyridine rings is 1. The van der Waals surface area contributed by atoms with Gasteiger partial charge >= 0.3 is 0 Å². The Balaban J connectivity index is 1.92. The smallest absolute Gasteiger partial charge is 0.251 e. The number of carbonyl (C=O) groups is 1. The SMILES string of the molecule is Cc1cc(C)c2c(c1)c(C)cc(=O)n2CC(=O)Nc1ccc(C(C)C)cc1. The maximum atomic E-state index is 12.6. The summed E-state index contributed by atoms with van der Waals surface area (Å²) in [6.07, 6.45) is 0. The van der Waals surface area contributed by atoms with Crippen LogP contribution in [0.2, 0.25) is 0 Å². The van der Waals surface area contributed by atoms with Crippen molar-refractivity contribution in [1.82, 2.24) is 4.57 Å². The van der Waals surface area contributed by atoms with Gasteiger partial charge in [-0.15, -0.1) is 0 Å².